The Hall–Kier alpha value is -1.59. The zero-order chi connectivity index (χ0) is 13.8. The highest BCUT2D eigenvalue weighted by atomic mass is 16.3. The molecule has 5 heteroatoms. The van der Waals surface area contributed by atoms with Gasteiger partial charge in [0.15, 0.2) is 0 Å². The van der Waals surface area contributed by atoms with E-state index in [9.17, 15) is 9.90 Å². The van der Waals surface area contributed by atoms with E-state index in [1.807, 2.05) is 19.1 Å². The minimum absolute atomic E-state index is 0.0184. The number of likely N-dealkylation sites (tertiary alicyclic amines) is 1. The Kier molecular flexibility index (Phi) is 4.39. The number of nitrogens with one attached hydrogen (secondary N) is 1. The molecule has 19 heavy (non-hydrogen) atoms. The topological polar surface area (TPSA) is 78.6 Å². The number of aryl methyl sites for hydroxylation is 1. The van der Waals surface area contributed by atoms with E-state index < -0.39 is 0 Å². The highest BCUT2D eigenvalue weighted by Gasteiger charge is 2.20. The number of β-amino-alcohol motifs (C(OH)–C–C–N with tert-alkyl or cyclic N) is 1. The standard InChI is InChI=1S/C14H21N3O2/c1-10-2-3-11(15)8-13(10)16-14(19)5-7-17-6-4-12(18)9-17/h2-3,8,12,18H,4-7,9,15H2,1H3,(H,16,19). The molecule has 1 heterocycles. The number of rotatable bonds is 4. The van der Waals surface area contributed by atoms with Crippen LogP contribution in [0.25, 0.3) is 0 Å². The molecule has 0 spiro atoms. The molecule has 2 rings (SSSR count). The van der Waals surface area contributed by atoms with Gasteiger partial charge in [0.1, 0.15) is 0 Å². The first-order chi connectivity index (χ1) is 9.04. The molecule has 1 aliphatic heterocycles. The predicted molar refractivity (Wildman–Crippen MR) is 75.9 cm³/mol. The molecule has 1 unspecified atom stereocenters. The fourth-order valence-electron chi connectivity index (χ4n) is 2.26. The maximum Gasteiger partial charge on any atom is 0.225 e. The molecular weight excluding hydrogens is 242 g/mol. The molecule has 1 aromatic rings. The van der Waals surface area contributed by atoms with Crippen molar-refractivity contribution in [2.75, 3.05) is 30.7 Å². The molecule has 1 atom stereocenters. The van der Waals surface area contributed by atoms with Crippen LogP contribution in [0.1, 0.15) is 18.4 Å². The van der Waals surface area contributed by atoms with Crippen molar-refractivity contribution in [1.82, 2.24) is 4.90 Å². The molecule has 1 saturated heterocycles. The first-order valence-electron chi connectivity index (χ1n) is 6.61. The molecule has 1 fully saturated rings. The van der Waals surface area contributed by atoms with E-state index in [0.29, 0.717) is 25.2 Å². The van der Waals surface area contributed by atoms with E-state index in [4.69, 9.17) is 5.73 Å². The van der Waals surface area contributed by atoms with Gasteiger partial charge in [-0.3, -0.25) is 4.79 Å². The van der Waals surface area contributed by atoms with Crippen LogP contribution < -0.4 is 11.1 Å². The Balaban J connectivity index is 1.82. The second-order valence-electron chi connectivity index (χ2n) is 5.12. The number of aliphatic hydroxyl groups is 1. The normalized spacial score (nSPS) is 19.6. The largest absolute Gasteiger partial charge is 0.399 e. The first-order valence-corrected chi connectivity index (χ1v) is 6.61. The molecule has 4 N–H and O–H groups in total. The van der Waals surface area contributed by atoms with E-state index in [1.54, 1.807) is 6.07 Å². The van der Waals surface area contributed by atoms with Crippen LogP contribution in [-0.2, 0) is 4.79 Å². The molecule has 1 aliphatic rings. The Bertz CT molecular complexity index is 462. The summed E-state index contributed by atoms with van der Waals surface area (Å²) in [6.07, 6.45) is 0.996. The zero-order valence-corrected chi connectivity index (χ0v) is 11.2. The van der Waals surface area contributed by atoms with Gasteiger partial charge in [0.05, 0.1) is 6.10 Å². The molecule has 0 bridgehead atoms. The third-order valence-electron chi connectivity index (χ3n) is 3.44. The van der Waals surface area contributed by atoms with E-state index in [2.05, 4.69) is 10.2 Å². The summed E-state index contributed by atoms with van der Waals surface area (Å²) in [5.41, 5.74) is 8.12. The predicted octanol–water partition coefficient (Wildman–Crippen LogP) is 0.972. The fraction of sp³-hybridized carbons (Fsp3) is 0.500. The molecule has 0 radical (unpaired) electrons. The molecule has 1 aromatic carbocycles. The van der Waals surface area contributed by atoms with Crippen LogP contribution in [0.2, 0.25) is 0 Å². The average Bonchev–Trinajstić information content (AvgIpc) is 2.77. The minimum Gasteiger partial charge on any atom is -0.399 e. The van der Waals surface area contributed by atoms with Crippen molar-refractivity contribution in [1.29, 1.82) is 0 Å². The number of aliphatic hydroxyl groups excluding tert-OH is 1. The molecule has 0 saturated carbocycles. The second-order valence-corrected chi connectivity index (χ2v) is 5.12. The number of nitrogen functional groups attached to an aromatic ring is 1. The SMILES string of the molecule is Cc1ccc(N)cc1NC(=O)CCN1CCC(O)C1. The van der Waals surface area contributed by atoms with E-state index >= 15 is 0 Å². The molecule has 5 nitrogen and oxygen atoms in total. The van der Waals surface area contributed by atoms with Crippen LogP contribution in [-0.4, -0.2) is 41.7 Å². The lowest BCUT2D eigenvalue weighted by atomic mass is 10.2. The Morgan fingerprint density at radius 1 is 1.58 bits per heavy atom. The Labute approximate surface area is 113 Å². The van der Waals surface area contributed by atoms with Crippen molar-refractivity contribution in [3.8, 4) is 0 Å². The number of benzene rings is 1. The number of amides is 1. The van der Waals surface area contributed by atoms with E-state index in [1.165, 1.54) is 0 Å². The van der Waals surface area contributed by atoms with Gasteiger partial charge in [-0.2, -0.15) is 0 Å². The number of carbonyl (C=O) groups excluding carboxylic acids is 1. The van der Waals surface area contributed by atoms with Crippen LogP contribution >= 0.6 is 0 Å². The summed E-state index contributed by atoms with van der Waals surface area (Å²) in [4.78, 5) is 14.0. The molecule has 104 valence electrons. The maximum absolute atomic E-state index is 11.9. The molecule has 0 aliphatic carbocycles. The summed E-state index contributed by atoms with van der Waals surface area (Å²) in [5, 5.41) is 12.3. The van der Waals surface area contributed by atoms with Crippen LogP contribution in [0, 0.1) is 6.92 Å². The maximum atomic E-state index is 11.9. The Morgan fingerprint density at radius 3 is 3.05 bits per heavy atom. The van der Waals surface area contributed by atoms with Gasteiger partial charge in [-0.1, -0.05) is 6.07 Å². The van der Waals surface area contributed by atoms with Crippen LogP contribution in [0.15, 0.2) is 18.2 Å². The highest BCUT2D eigenvalue weighted by molar-refractivity contribution is 5.92. The summed E-state index contributed by atoms with van der Waals surface area (Å²) in [6.45, 7) is 4.16. The summed E-state index contributed by atoms with van der Waals surface area (Å²) in [5.74, 6) is -0.0184. The number of nitrogens with zero attached hydrogens (tertiary/aromatic N) is 1. The lowest BCUT2D eigenvalue weighted by Gasteiger charge is -2.15. The van der Waals surface area contributed by atoms with Crippen LogP contribution in [0.5, 0.6) is 0 Å². The van der Waals surface area contributed by atoms with Gasteiger partial charge in [0.2, 0.25) is 5.91 Å². The van der Waals surface area contributed by atoms with Crippen LogP contribution in [0.4, 0.5) is 11.4 Å². The summed E-state index contributed by atoms with van der Waals surface area (Å²) >= 11 is 0. The van der Waals surface area contributed by atoms with Gasteiger partial charge in [-0.15, -0.1) is 0 Å². The quantitative estimate of drug-likeness (QED) is 0.707. The third-order valence-corrected chi connectivity index (χ3v) is 3.44. The van der Waals surface area contributed by atoms with Gasteiger partial charge < -0.3 is 21.1 Å². The number of anilines is 2. The zero-order valence-electron chi connectivity index (χ0n) is 11.2. The Morgan fingerprint density at radius 2 is 2.37 bits per heavy atom. The lowest BCUT2D eigenvalue weighted by molar-refractivity contribution is -0.116. The minimum atomic E-state index is -0.237. The van der Waals surface area contributed by atoms with E-state index in [-0.39, 0.29) is 12.0 Å². The third kappa shape index (κ3) is 3.94. The number of hydrogen-bond donors (Lipinski definition) is 3. The van der Waals surface area contributed by atoms with Crippen molar-refractivity contribution in [2.24, 2.45) is 0 Å². The summed E-state index contributed by atoms with van der Waals surface area (Å²) in [6, 6.07) is 5.48. The smallest absolute Gasteiger partial charge is 0.225 e. The van der Waals surface area contributed by atoms with Gasteiger partial charge in [-0.05, 0) is 31.0 Å². The monoisotopic (exact) mass is 263 g/mol. The average molecular weight is 263 g/mol. The van der Waals surface area contributed by atoms with Gasteiger partial charge in [-0.25, -0.2) is 0 Å². The first kappa shape index (κ1) is 13.8. The molecule has 0 aromatic heterocycles. The van der Waals surface area contributed by atoms with Gasteiger partial charge >= 0.3 is 0 Å². The number of carbonyl (C=O) groups is 1. The number of hydrogen-bond acceptors (Lipinski definition) is 4. The van der Waals surface area contributed by atoms with Crippen molar-refractivity contribution in [2.45, 2.75) is 25.9 Å². The molecular formula is C14H21N3O2. The fourth-order valence-corrected chi connectivity index (χ4v) is 2.26. The van der Waals surface area contributed by atoms with Gasteiger partial charge in [0.25, 0.3) is 0 Å². The van der Waals surface area contributed by atoms with Crippen LogP contribution in [0.3, 0.4) is 0 Å². The van der Waals surface area contributed by atoms with Crippen molar-refractivity contribution >= 4 is 17.3 Å². The van der Waals surface area contributed by atoms with Gasteiger partial charge in [0, 0.05) is 37.4 Å². The summed E-state index contributed by atoms with van der Waals surface area (Å²) in [7, 11) is 0. The van der Waals surface area contributed by atoms with E-state index in [0.717, 1.165) is 24.2 Å². The van der Waals surface area contributed by atoms with Crippen molar-refractivity contribution in [3.05, 3.63) is 23.8 Å². The van der Waals surface area contributed by atoms with Crippen molar-refractivity contribution < 1.29 is 9.90 Å². The number of nitrogens with two attached hydrogens (primary N) is 1. The molecule has 1 amide bonds. The second kappa shape index (κ2) is 6.04. The summed E-state index contributed by atoms with van der Waals surface area (Å²) < 4.78 is 0. The van der Waals surface area contributed by atoms with Crippen molar-refractivity contribution in [3.63, 3.8) is 0 Å². The lowest BCUT2D eigenvalue weighted by Crippen LogP contribution is -2.26. The highest BCUT2D eigenvalue weighted by Crippen LogP contribution is 2.18.